The summed E-state index contributed by atoms with van der Waals surface area (Å²) >= 11 is 0. The molecule has 2 aromatic rings. The van der Waals surface area contributed by atoms with Crippen LogP contribution in [0.2, 0.25) is 0 Å². The Hall–Kier alpha value is -2.55. The van der Waals surface area contributed by atoms with Gasteiger partial charge in [0.1, 0.15) is 6.61 Å². The number of rotatable bonds is 11. The van der Waals surface area contributed by atoms with Gasteiger partial charge in [-0.25, -0.2) is 4.79 Å². The number of unbranched alkanes of at least 4 members (excludes halogenated alkanes) is 2. The Morgan fingerprint density at radius 3 is 2.63 bits per heavy atom. The summed E-state index contributed by atoms with van der Waals surface area (Å²) in [5, 5.41) is 0. The number of carbonyl (C=O) groups excluding carboxylic acids is 1. The van der Waals surface area contributed by atoms with Crippen LogP contribution in [0.25, 0.3) is 0 Å². The van der Waals surface area contributed by atoms with Crippen LogP contribution in [0.5, 0.6) is 0 Å². The molecule has 1 heterocycles. The lowest BCUT2D eigenvalue weighted by molar-refractivity contribution is -0.144. The number of carbonyl (C=O) groups is 1. The minimum absolute atomic E-state index is 0.223. The zero-order valence-electron chi connectivity index (χ0n) is 17.0. The minimum atomic E-state index is -4.52. The molecule has 0 fully saturated rings. The van der Waals surface area contributed by atoms with Crippen molar-refractivity contribution in [2.24, 2.45) is 5.73 Å². The number of hydrogen-bond donors (Lipinski definition) is 1. The van der Waals surface area contributed by atoms with Crippen LogP contribution >= 0.6 is 0 Å². The monoisotopic (exact) mass is 427 g/mol. The zero-order chi connectivity index (χ0) is 22.1. The SMILES string of the molecule is CCCCC(=O)OCC(c1cccc(C(F)(F)F)c1)n1ccn(CCCCN)c1=O. The Balaban J connectivity index is 2.33. The summed E-state index contributed by atoms with van der Waals surface area (Å²) in [6.45, 7) is 2.67. The fraction of sp³-hybridized carbons (Fsp3) is 0.524. The predicted octanol–water partition coefficient (Wildman–Crippen LogP) is 3.73. The molecular weight excluding hydrogens is 399 g/mol. The van der Waals surface area contributed by atoms with Gasteiger partial charge in [0.15, 0.2) is 0 Å². The number of ether oxygens (including phenoxy) is 1. The smallest absolute Gasteiger partial charge is 0.416 e. The average Bonchev–Trinajstić information content (AvgIpc) is 3.07. The summed E-state index contributed by atoms with van der Waals surface area (Å²) < 4.78 is 47.6. The van der Waals surface area contributed by atoms with E-state index in [2.05, 4.69) is 0 Å². The number of alkyl halides is 3. The average molecular weight is 427 g/mol. The molecule has 0 amide bonds. The number of nitrogens with two attached hydrogens (primary N) is 1. The second-order valence-corrected chi connectivity index (χ2v) is 7.10. The van der Waals surface area contributed by atoms with Crippen molar-refractivity contribution < 1.29 is 22.7 Å². The third-order valence-corrected chi connectivity index (χ3v) is 4.80. The van der Waals surface area contributed by atoms with Crippen LogP contribution in [0.4, 0.5) is 13.2 Å². The second kappa shape index (κ2) is 11.0. The molecule has 1 atom stereocenters. The molecule has 0 spiro atoms. The lowest BCUT2D eigenvalue weighted by Crippen LogP contribution is -2.31. The number of benzene rings is 1. The molecule has 0 bridgehead atoms. The van der Waals surface area contributed by atoms with Crippen molar-refractivity contribution in [1.29, 1.82) is 0 Å². The fourth-order valence-corrected chi connectivity index (χ4v) is 3.09. The first kappa shape index (κ1) is 23.7. The van der Waals surface area contributed by atoms with E-state index < -0.39 is 23.8 Å². The molecule has 2 N–H and O–H groups in total. The number of nitrogens with zero attached hydrogens (tertiary/aromatic N) is 2. The first-order valence-electron chi connectivity index (χ1n) is 10.1. The van der Waals surface area contributed by atoms with E-state index in [1.165, 1.54) is 27.5 Å². The van der Waals surface area contributed by atoms with Crippen LogP contribution in [0.15, 0.2) is 41.5 Å². The van der Waals surface area contributed by atoms with Gasteiger partial charge in [-0.3, -0.25) is 13.9 Å². The Morgan fingerprint density at radius 1 is 1.20 bits per heavy atom. The number of halogens is 3. The van der Waals surface area contributed by atoms with E-state index in [9.17, 15) is 22.8 Å². The van der Waals surface area contributed by atoms with Gasteiger partial charge in [-0.15, -0.1) is 0 Å². The zero-order valence-corrected chi connectivity index (χ0v) is 17.0. The van der Waals surface area contributed by atoms with Gasteiger partial charge in [0, 0.05) is 25.4 Å². The van der Waals surface area contributed by atoms with Crippen molar-refractivity contribution in [1.82, 2.24) is 9.13 Å². The summed E-state index contributed by atoms with van der Waals surface area (Å²) in [5.41, 5.74) is 4.53. The Kier molecular flexibility index (Phi) is 8.71. The number of esters is 1. The topological polar surface area (TPSA) is 79.2 Å². The van der Waals surface area contributed by atoms with Crippen molar-refractivity contribution in [3.8, 4) is 0 Å². The van der Waals surface area contributed by atoms with E-state index in [1.54, 1.807) is 6.20 Å². The van der Waals surface area contributed by atoms with Gasteiger partial charge in [-0.1, -0.05) is 25.5 Å². The van der Waals surface area contributed by atoms with Crippen molar-refractivity contribution in [3.05, 3.63) is 58.3 Å². The Morgan fingerprint density at radius 2 is 1.97 bits per heavy atom. The van der Waals surface area contributed by atoms with E-state index in [1.807, 2.05) is 6.92 Å². The van der Waals surface area contributed by atoms with E-state index in [4.69, 9.17) is 10.5 Å². The first-order chi connectivity index (χ1) is 14.3. The van der Waals surface area contributed by atoms with Gasteiger partial charge in [0.2, 0.25) is 0 Å². The molecule has 6 nitrogen and oxygen atoms in total. The summed E-state index contributed by atoms with van der Waals surface area (Å²) in [6, 6.07) is 3.88. The Bertz CT molecular complexity index is 874. The van der Waals surface area contributed by atoms with Crippen LogP contribution < -0.4 is 11.4 Å². The van der Waals surface area contributed by atoms with Crippen molar-refractivity contribution in [3.63, 3.8) is 0 Å². The highest BCUT2D eigenvalue weighted by Crippen LogP contribution is 2.31. The molecule has 9 heteroatoms. The highest BCUT2D eigenvalue weighted by atomic mass is 19.4. The van der Waals surface area contributed by atoms with Crippen molar-refractivity contribution in [2.75, 3.05) is 13.2 Å². The van der Waals surface area contributed by atoms with E-state index in [-0.39, 0.29) is 24.3 Å². The standard InChI is InChI=1S/C21H28F3N3O3/c1-2-3-9-19(28)30-15-18(16-7-6-8-17(14-16)21(22,23)24)27-13-12-26(20(27)29)11-5-4-10-25/h6-8,12-14,18H,2-5,9-11,15,25H2,1H3. The van der Waals surface area contributed by atoms with Crippen molar-refractivity contribution >= 4 is 5.97 Å². The largest absolute Gasteiger partial charge is 0.463 e. The Labute approximate surface area is 173 Å². The molecule has 30 heavy (non-hydrogen) atoms. The van der Waals surface area contributed by atoms with Crippen LogP contribution in [0, 0.1) is 0 Å². The molecule has 1 aromatic heterocycles. The maximum Gasteiger partial charge on any atom is 0.416 e. The second-order valence-electron chi connectivity index (χ2n) is 7.10. The molecule has 2 rings (SSSR count). The van der Waals surface area contributed by atoms with Crippen LogP contribution in [-0.4, -0.2) is 28.3 Å². The molecule has 1 unspecified atom stereocenters. The lowest BCUT2D eigenvalue weighted by Gasteiger charge is -2.20. The minimum Gasteiger partial charge on any atom is -0.463 e. The molecule has 0 radical (unpaired) electrons. The fourth-order valence-electron chi connectivity index (χ4n) is 3.09. The number of aryl methyl sites for hydroxylation is 1. The highest BCUT2D eigenvalue weighted by Gasteiger charge is 2.31. The number of hydrogen-bond acceptors (Lipinski definition) is 4. The molecule has 0 aliphatic carbocycles. The molecule has 0 aliphatic rings. The first-order valence-corrected chi connectivity index (χ1v) is 10.1. The van der Waals surface area contributed by atoms with Crippen LogP contribution in [0.3, 0.4) is 0 Å². The maximum absolute atomic E-state index is 13.2. The third kappa shape index (κ3) is 6.48. The van der Waals surface area contributed by atoms with Gasteiger partial charge in [0.25, 0.3) is 0 Å². The number of aromatic nitrogens is 2. The third-order valence-electron chi connectivity index (χ3n) is 4.80. The van der Waals surface area contributed by atoms with E-state index >= 15 is 0 Å². The highest BCUT2D eigenvalue weighted by molar-refractivity contribution is 5.69. The van der Waals surface area contributed by atoms with Gasteiger partial charge in [0.05, 0.1) is 11.6 Å². The maximum atomic E-state index is 13.2. The number of imidazole rings is 1. The van der Waals surface area contributed by atoms with Gasteiger partial charge in [-0.2, -0.15) is 13.2 Å². The molecule has 0 saturated carbocycles. The van der Waals surface area contributed by atoms with Gasteiger partial charge < -0.3 is 10.5 Å². The van der Waals surface area contributed by atoms with Crippen molar-refractivity contribution in [2.45, 2.75) is 57.8 Å². The molecule has 0 aliphatic heterocycles. The van der Waals surface area contributed by atoms with Gasteiger partial charge >= 0.3 is 17.8 Å². The summed E-state index contributed by atoms with van der Waals surface area (Å²) in [7, 11) is 0. The molecule has 0 saturated heterocycles. The summed E-state index contributed by atoms with van der Waals surface area (Å²) in [5.74, 6) is -0.441. The van der Waals surface area contributed by atoms with Crippen LogP contribution in [0.1, 0.15) is 56.2 Å². The molecular formula is C21H28F3N3O3. The molecule has 1 aromatic carbocycles. The van der Waals surface area contributed by atoms with E-state index in [0.29, 0.717) is 25.9 Å². The normalized spacial score (nSPS) is 12.7. The summed E-state index contributed by atoms with van der Waals surface area (Å²) in [4.78, 5) is 24.8. The summed E-state index contributed by atoms with van der Waals surface area (Å²) in [6.07, 6.45) is 1.73. The van der Waals surface area contributed by atoms with Gasteiger partial charge in [-0.05, 0) is 43.5 Å². The van der Waals surface area contributed by atoms with E-state index in [0.717, 1.165) is 25.0 Å². The van der Waals surface area contributed by atoms with Crippen LogP contribution in [-0.2, 0) is 22.3 Å². The molecule has 166 valence electrons. The predicted molar refractivity (Wildman–Crippen MR) is 107 cm³/mol. The lowest BCUT2D eigenvalue weighted by atomic mass is 10.0. The quantitative estimate of drug-likeness (QED) is 0.438.